The van der Waals surface area contributed by atoms with E-state index in [1.165, 1.54) is 16.7 Å². The summed E-state index contributed by atoms with van der Waals surface area (Å²) in [6, 6.07) is 11.7. The molecule has 1 unspecified atom stereocenters. The molecule has 0 amide bonds. The molecule has 25 heavy (non-hydrogen) atoms. The number of phenols is 1. The molecule has 1 atom stereocenters. The van der Waals surface area contributed by atoms with E-state index in [1.54, 1.807) is 6.07 Å². The normalized spacial score (nSPS) is 17.8. The lowest BCUT2D eigenvalue weighted by Gasteiger charge is -2.16. The summed E-state index contributed by atoms with van der Waals surface area (Å²) in [6.45, 7) is 9.15. The van der Waals surface area contributed by atoms with Crippen LogP contribution in [0.1, 0.15) is 38.7 Å². The third-order valence-corrected chi connectivity index (χ3v) is 4.92. The minimum absolute atomic E-state index is 0.173. The van der Waals surface area contributed by atoms with Crippen LogP contribution in [0.25, 0.3) is 16.8 Å². The van der Waals surface area contributed by atoms with Crippen molar-refractivity contribution in [3.63, 3.8) is 0 Å². The maximum absolute atomic E-state index is 10.0. The maximum Gasteiger partial charge on any atom is 0.123 e. The van der Waals surface area contributed by atoms with Crippen molar-refractivity contribution in [3.8, 4) is 5.75 Å². The third kappa shape index (κ3) is 3.85. The second-order valence-electron chi connectivity index (χ2n) is 6.69. The van der Waals surface area contributed by atoms with E-state index in [-0.39, 0.29) is 6.10 Å². The van der Waals surface area contributed by atoms with Crippen LogP contribution in [0.15, 0.2) is 65.8 Å². The largest absolute Gasteiger partial charge is 0.507 e. The van der Waals surface area contributed by atoms with E-state index in [1.807, 2.05) is 24.3 Å². The predicted molar refractivity (Wildman–Crippen MR) is 106 cm³/mol. The van der Waals surface area contributed by atoms with E-state index in [0.29, 0.717) is 12.4 Å². The molecular weight excluding hydrogens is 308 g/mol. The minimum Gasteiger partial charge on any atom is -0.507 e. The Kier molecular flexibility index (Phi) is 5.40. The first-order valence-corrected chi connectivity index (χ1v) is 8.97. The fourth-order valence-electron chi connectivity index (χ4n) is 3.42. The molecule has 1 N–H and O–H groups in total. The molecule has 1 aliphatic heterocycles. The molecule has 0 spiro atoms. The summed E-state index contributed by atoms with van der Waals surface area (Å²) >= 11 is 0. The summed E-state index contributed by atoms with van der Waals surface area (Å²) in [7, 11) is 0. The SMILES string of the molecule is C=C(CC)C1=CCOC1CC/C(C)=C/c1ccc(O)c2ccccc12. The standard InChI is InChI=1S/C23H26O2/c1-4-17(3)19-13-14-25-23(19)12-9-16(2)15-18-10-11-22(24)21-8-6-5-7-20(18)21/h5-8,10-11,13,15,23-24H,3-4,9,12,14H2,1-2H3/b16-15+. The number of benzene rings is 2. The van der Waals surface area contributed by atoms with Crippen molar-refractivity contribution in [2.45, 2.75) is 39.2 Å². The molecule has 0 saturated carbocycles. The summed E-state index contributed by atoms with van der Waals surface area (Å²) < 4.78 is 5.86. The van der Waals surface area contributed by atoms with Gasteiger partial charge in [0.2, 0.25) is 0 Å². The van der Waals surface area contributed by atoms with Gasteiger partial charge in [0.15, 0.2) is 0 Å². The van der Waals surface area contributed by atoms with Gasteiger partial charge in [0.1, 0.15) is 5.75 Å². The van der Waals surface area contributed by atoms with Gasteiger partial charge in [-0.15, -0.1) is 0 Å². The van der Waals surface area contributed by atoms with Gasteiger partial charge in [0.25, 0.3) is 0 Å². The molecule has 130 valence electrons. The van der Waals surface area contributed by atoms with Crippen LogP contribution >= 0.6 is 0 Å². The number of ether oxygens (including phenoxy) is 1. The molecule has 1 heterocycles. The highest BCUT2D eigenvalue weighted by atomic mass is 16.5. The van der Waals surface area contributed by atoms with Crippen LogP contribution in [0.3, 0.4) is 0 Å². The number of fused-ring (bicyclic) bond motifs is 1. The van der Waals surface area contributed by atoms with Crippen molar-refractivity contribution in [1.82, 2.24) is 0 Å². The molecule has 3 rings (SSSR count). The van der Waals surface area contributed by atoms with Crippen LogP contribution in [0.4, 0.5) is 0 Å². The van der Waals surface area contributed by atoms with Crippen molar-refractivity contribution in [1.29, 1.82) is 0 Å². The monoisotopic (exact) mass is 334 g/mol. The van der Waals surface area contributed by atoms with Crippen LogP contribution in [0.5, 0.6) is 5.75 Å². The van der Waals surface area contributed by atoms with E-state index in [0.717, 1.165) is 35.6 Å². The molecule has 0 saturated heterocycles. The van der Waals surface area contributed by atoms with E-state index in [2.05, 4.69) is 38.6 Å². The Morgan fingerprint density at radius 1 is 1.24 bits per heavy atom. The van der Waals surface area contributed by atoms with Crippen molar-refractivity contribution in [3.05, 3.63) is 71.3 Å². The molecule has 2 aromatic carbocycles. The molecule has 0 bridgehead atoms. The fourth-order valence-corrected chi connectivity index (χ4v) is 3.42. The molecule has 2 aromatic rings. The highest BCUT2D eigenvalue weighted by Crippen LogP contribution is 2.30. The summed E-state index contributed by atoms with van der Waals surface area (Å²) in [5.41, 5.74) is 4.93. The van der Waals surface area contributed by atoms with Crippen LogP contribution in [-0.4, -0.2) is 17.8 Å². The zero-order valence-electron chi connectivity index (χ0n) is 15.1. The Labute approximate surface area is 150 Å². The lowest BCUT2D eigenvalue weighted by molar-refractivity contribution is 0.116. The molecule has 2 heteroatoms. The molecule has 0 radical (unpaired) electrons. The number of allylic oxidation sites excluding steroid dienone is 1. The highest BCUT2D eigenvalue weighted by molar-refractivity contribution is 5.94. The number of hydrogen-bond donors (Lipinski definition) is 1. The summed E-state index contributed by atoms with van der Waals surface area (Å²) in [5.74, 6) is 0.331. The number of aromatic hydroxyl groups is 1. The van der Waals surface area contributed by atoms with Gasteiger partial charge in [0, 0.05) is 5.39 Å². The van der Waals surface area contributed by atoms with E-state index >= 15 is 0 Å². The van der Waals surface area contributed by atoms with Gasteiger partial charge in [0.05, 0.1) is 12.7 Å². The van der Waals surface area contributed by atoms with Gasteiger partial charge >= 0.3 is 0 Å². The lowest BCUT2D eigenvalue weighted by Crippen LogP contribution is -2.11. The first-order valence-electron chi connectivity index (χ1n) is 8.97. The zero-order chi connectivity index (χ0) is 17.8. The van der Waals surface area contributed by atoms with Gasteiger partial charge in [-0.2, -0.15) is 0 Å². The molecular formula is C23H26O2. The third-order valence-electron chi connectivity index (χ3n) is 4.92. The molecule has 1 aliphatic rings. The Bertz CT molecular complexity index is 842. The van der Waals surface area contributed by atoms with Gasteiger partial charge in [-0.1, -0.05) is 61.6 Å². The zero-order valence-corrected chi connectivity index (χ0v) is 15.1. The van der Waals surface area contributed by atoms with E-state index in [9.17, 15) is 5.11 Å². The summed E-state index contributed by atoms with van der Waals surface area (Å²) in [6.07, 6.45) is 7.49. The Morgan fingerprint density at radius 2 is 2.00 bits per heavy atom. The van der Waals surface area contributed by atoms with Crippen molar-refractivity contribution in [2.75, 3.05) is 6.61 Å². The number of rotatable bonds is 6. The van der Waals surface area contributed by atoms with Crippen LogP contribution in [0, 0.1) is 0 Å². The highest BCUT2D eigenvalue weighted by Gasteiger charge is 2.21. The van der Waals surface area contributed by atoms with Crippen molar-refractivity contribution in [2.24, 2.45) is 0 Å². The molecule has 2 nitrogen and oxygen atoms in total. The maximum atomic E-state index is 10.0. The topological polar surface area (TPSA) is 29.5 Å². The number of hydrogen-bond acceptors (Lipinski definition) is 2. The lowest BCUT2D eigenvalue weighted by atomic mass is 9.95. The first-order chi connectivity index (χ1) is 12.1. The average Bonchev–Trinajstić information content (AvgIpc) is 3.10. The van der Waals surface area contributed by atoms with Gasteiger partial charge in [-0.05, 0) is 54.3 Å². The van der Waals surface area contributed by atoms with Crippen LogP contribution in [-0.2, 0) is 4.74 Å². The second-order valence-corrected chi connectivity index (χ2v) is 6.69. The molecule has 0 fully saturated rings. The van der Waals surface area contributed by atoms with Crippen LogP contribution in [0.2, 0.25) is 0 Å². The van der Waals surface area contributed by atoms with E-state index in [4.69, 9.17) is 4.74 Å². The number of phenolic OH excluding ortho intramolecular Hbond substituents is 1. The first kappa shape index (κ1) is 17.5. The quantitative estimate of drug-likeness (QED) is 0.700. The van der Waals surface area contributed by atoms with Gasteiger partial charge in [-0.25, -0.2) is 0 Å². The Morgan fingerprint density at radius 3 is 2.76 bits per heavy atom. The van der Waals surface area contributed by atoms with Gasteiger partial charge < -0.3 is 9.84 Å². The summed E-state index contributed by atoms with van der Waals surface area (Å²) in [4.78, 5) is 0. The van der Waals surface area contributed by atoms with Gasteiger partial charge in [-0.3, -0.25) is 0 Å². The predicted octanol–water partition coefficient (Wildman–Crippen LogP) is 6.02. The second kappa shape index (κ2) is 7.71. The Balaban J connectivity index is 1.74. The van der Waals surface area contributed by atoms with Crippen LogP contribution < -0.4 is 0 Å². The van der Waals surface area contributed by atoms with E-state index < -0.39 is 0 Å². The fraction of sp³-hybridized carbons (Fsp3) is 0.304. The average molecular weight is 334 g/mol. The van der Waals surface area contributed by atoms with Crippen molar-refractivity contribution < 1.29 is 9.84 Å². The molecule has 0 aliphatic carbocycles. The smallest absolute Gasteiger partial charge is 0.123 e. The summed E-state index contributed by atoms with van der Waals surface area (Å²) in [5, 5.41) is 12.0. The molecule has 0 aromatic heterocycles. The minimum atomic E-state index is 0.173. The Hall–Kier alpha value is -2.32. The van der Waals surface area contributed by atoms with Crippen molar-refractivity contribution >= 4 is 16.8 Å².